The van der Waals surface area contributed by atoms with Gasteiger partial charge in [-0.2, -0.15) is 0 Å². The molecule has 0 atom stereocenters. The molecule has 1 nitrogen and oxygen atoms in total. The Hall–Kier alpha value is -5.70. The zero-order valence-electron chi connectivity index (χ0n) is 27.4. The van der Waals surface area contributed by atoms with Crippen molar-refractivity contribution in [3.05, 3.63) is 175 Å². The van der Waals surface area contributed by atoms with E-state index >= 15 is 0 Å². The first kappa shape index (κ1) is 28.3. The number of thiophene rings is 1. The van der Waals surface area contributed by atoms with E-state index in [0.717, 1.165) is 5.69 Å². The topological polar surface area (TPSA) is 3.24 Å². The van der Waals surface area contributed by atoms with Crippen LogP contribution in [0, 0.1) is 0 Å². The van der Waals surface area contributed by atoms with Crippen molar-refractivity contribution in [2.45, 2.75) is 19.3 Å². The van der Waals surface area contributed by atoms with Crippen LogP contribution in [-0.4, -0.2) is 0 Å². The third-order valence-electron chi connectivity index (χ3n) is 10.6. The van der Waals surface area contributed by atoms with Crippen molar-refractivity contribution in [1.82, 2.24) is 0 Å². The largest absolute Gasteiger partial charge is 0.308 e. The highest BCUT2D eigenvalue weighted by Gasteiger charge is 2.36. The number of hydrogen-bond acceptors (Lipinski definition) is 2. The molecule has 10 rings (SSSR count). The number of hydrogen-bond donors (Lipinski definition) is 0. The average molecular weight is 644 g/mol. The molecule has 1 aliphatic carbocycles. The van der Waals surface area contributed by atoms with Gasteiger partial charge in [0, 0.05) is 37.6 Å². The second-order valence-electron chi connectivity index (χ2n) is 13.7. The van der Waals surface area contributed by atoms with Gasteiger partial charge in [-0.3, -0.25) is 0 Å². The van der Waals surface area contributed by atoms with E-state index in [1.165, 1.54) is 86.5 Å². The molecule has 0 aliphatic heterocycles. The Labute approximate surface area is 290 Å². The van der Waals surface area contributed by atoms with Crippen LogP contribution in [0.4, 0.5) is 17.1 Å². The van der Waals surface area contributed by atoms with E-state index in [4.69, 9.17) is 0 Å². The summed E-state index contributed by atoms with van der Waals surface area (Å²) in [6.07, 6.45) is 0. The summed E-state index contributed by atoms with van der Waals surface area (Å²) < 4.78 is 2.62. The van der Waals surface area contributed by atoms with E-state index in [9.17, 15) is 0 Å². The molecule has 1 aliphatic rings. The Balaban J connectivity index is 1.24. The molecule has 0 bridgehead atoms. The van der Waals surface area contributed by atoms with Crippen LogP contribution in [0.15, 0.2) is 164 Å². The van der Waals surface area contributed by atoms with Gasteiger partial charge in [-0.1, -0.05) is 141 Å². The van der Waals surface area contributed by atoms with Gasteiger partial charge in [-0.05, 0) is 85.9 Å². The van der Waals surface area contributed by atoms with Crippen LogP contribution in [0.2, 0.25) is 0 Å². The molecule has 0 amide bonds. The fourth-order valence-corrected chi connectivity index (χ4v) is 9.46. The lowest BCUT2D eigenvalue weighted by Crippen LogP contribution is -2.16. The maximum atomic E-state index is 2.52. The zero-order valence-corrected chi connectivity index (χ0v) is 28.3. The van der Waals surface area contributed by atoms with Crippen LogP contribution in [0.25, 0.3) is 64.0 Å². The number of anilines is 3. The van der Waals surface area contributed by atoms with Crippen LogP contribution in [0.3, 0.4) is 0 Å². The first-order valence-corrected chi connectivity index (χ1v) is 17.8. The Morgan fingerprint density at radius 2 is 1.08 bits per heavy atom. The monoisotopic (exact) mass is 643 g/mol. The van der Waals surface area contributed by atoms with E-state index in [2.05, 4.69) is 183 Å². The molecule has 9 aromatic rings. The second kappa shape index (κ2) is 10.7. The van der Waals surface area contributed by atoms with Gasteiger partial charge in [0.05, 0.1) is 10.4 Å². The maximum Gasteiger partial charge on any atom is 0.0718 e. The summed E-state index contributed by atoms with van der Waals surface area (Å²) in [6, 6.07) is 60.6. The normalized spacial score (nSPS) is 13.3. The summed E-state index contributed by atoms with van der Waals surface area (Å²) in [6.45, 7) is 4.74. The van der Waals surface area contributed by atoms with Gasteiger partial charge in [0.25, 0.3) is 0 Å². The molecular formula is C47H33NS. The van der Waals surface area contributed by atoms with E-state index < -0.39 is 0 Å². The molecule has 232 valence electrons. The van der Waals surface area contributed by atoms with Crippen molar-refractivity contribution >= 4 is 70.1 Å². The highest BCUT2D eigenvalue weighted by atomic mass is 32.1. The third kappa shape index (κ3) is 4.24. The predicted molar refractivity (Wildman–Crippen MR) is 212 cm³/mol. The highest BCUT2D eigenvalue weighted by Crippen LogP contribution is 2.53. The Kier molecular flexibility index (Phi) is 6.16. The molecule has 0 radical (unpaired) electrons. The van der Waals surface area contributed by atoms with E-state index in [1.807, 2.05) is 11.3 Å². The summed E-state index contributed by atoms with van der Waals surface area (Å²) in [5.74, 6) is 0. The fraction of sp³-hybridized carbons (Fsp3) is 0.0638. The molecule has 0 spiro atoms. The molecule has 0 saturated heterocycles. The second-order valence-corrected chi connectivity index (χ2v) is 14.8. The van der Waals surface area contributed by atoms with Gasteiger partial charge in [0.1, 0.15) is 0 Å². The number of rotatable bonds is 4. The SMILES string of the molecule is CC1(C)c2ccccc2-c2ccc(N(c3ccc(-c4cccc5ccccc45)cc3)c3c4ccccc4cc4c3sc3ccccc34)cc21. The smallest absolute Gasteiger partial charge is 0.0718 e. The maximum absolute atomic E-state index is 2.52. The third-order valence-corrected chi connectivity index (χ3v) is 11.8. The lowest BCUT2D eigenvalue weighted by molar-refractivity contribution is 0.660. The summed E-state index contributed by atoms with van der Waals surface area (Å²) in [7, 11) is 0. The molecule has 8 aromatic carbocycles. The van der Waals surface area contributed by atoms with Gasteiger partial charge in [-0.25, -0.2) is 0 Å². The summed E-state index contributed by atoms with van der Waals surface area (Å²) in [4.78, 5) is 2.52. The summed E-state index contributed by atoms with van der Waals surface area (Å²) in [5, 5.41) is 7.65. The number of fused-ring (bicyclic) bond motifs is 8. The Morgan fingerprint density at radius 3 is 1.94 bits per heavy atom. The van der Waals surface area contributed by atoms with Crippen LogP contribution in [-0.2, 0) is 5.41 Å². The van der Waals surface area contributed by atoms with Crippen LogP contribution in [0.1, 0.15) is 25.0 Å². The molecule has 49 heavy (non-hydrogen) atoms. The van der Waals surface area contributed by atoms with Gasteiger partial charge in [-0.15, -0.1) is 11.3 Å². The van der Waals surface area contributed by atoms with Gasteiger partial charge in [0.2, 0.25) is 0 Å². The first-order valence-electron chi connectivity index (χ1n) is 17.0. The minimum Gasteiger partial charge on any atom is -0.308 e. The van der Waals surface area contributed by atoms with Gasteiger partial charge in [0.15, 0.2) is 0 Å². The lowest BCUT2D eigenvalue weighted by atomic mass is 9.82. The zero-order chi connectivity index (χ0) is 32.7. The van der Waals surface area contributed by atoms with E-state index in [1.54, 1.807) is 0 Å². The van der Waals surface area contributed by atoms with Crippen molar-refractivity contribution in [2.24, 2.45) is 0 Å². The molecule has 0 fully saturated rings. The first-order chi connectivity index (χ1) is 24.1. The molecule has 0 saturated carbocycles. The standard InChI is InChI=1S/C47H33NS/c1-47(2)42-20-9-7-17-38(42)39-27-26-34(29-43(39)47)48(33-24-22-31(23-25-33)36-19-11-14-30-12-3-5-15-35(30)36)45-37-16-6-4-13-32(37)28-41-40-18-8-10-21-44(40)49-46(41)45/h3-29H,1-2H3. The molecule has 2 heteroatoms. The average Bonchev–Trinajstić information content (AvgIpc) is 3.63. The van der Waals surface area contributed by atoms with E-state index in [-0.39, 0.29) is 5.41 Å². The van der Waals surface area contributed by atoms with Gasteiger partial charge < -0.3 is 4.90 Å². The molecule has 0 unspecified atom stereocenters. The van der Waals surface area contributed by atoms with Crippen molar-refractivity contribution < 1.29 is 0 Å². The molecular weight excluding hydrogens is 611 g/mol. The predicted octanol–water partition coefficient (Wildman–Crippen LogP) is 13.8. The van der Waals surface area contributed by atoms with Crippen molar-refractivity contribution in [1.29, 1.82) is 0 Å². The molecule has 0 N–H and O–H groups in total. The van der Waals surface area contributed by atoms with Crippen LogP contribution in [0.5, 0.6) is 0 Å². The quantitative estimate of drug-likeness (QED) is 0.184. The fourth-order valence-electron chi connectivity index (χ4n) is 8.23. The number of benzene rings is 8. The van der Waals surface area contributed by atoms with Crippen LogP contribution < -0.4 is 4.90 Å². The van der Waals surface area contributed by atoms with Gasteiger partial charge >= 0.3 is 0 Å². The summed E-state index contributed by atoms with van der Waals surface area (Å²) in [5.41, 5.74) is 11.4. The molecule has 1 heterocycles. The van der Waals surface area contributed by atoms with Crippen molar-refractivity contribution in [3.63, 3.8) is 0 Å². The van der Waals surface area contributed by atoms with Crippen molar-refractivity contribution in [3.8, 4) is 22.3 Å². The van der Waals surface area contributed by atoms with Crippen molar-refractivity contribution in [2.75, 3.05) is 4.90 Å². The molecule has 1 aromatic heterocycles. The van der Waals surface area contributed by atoms with Crippen LogP contribution >= 0.6 is 11.3 Å². The minimum absolute atomic E-state index is 0.0997. The summed E-state index contributed by atoms with van der Waals surface area (Å²) >= 11 is 1.90. The lowest BCUT2D eigenvalue weighted by Gasteiger charge is -2.29. The number of nitrogens with zero attached hydrogens (tertiary/aromatic N) is 1. The Bertz CT molecular complexity index is 2740. The van der Waals surface area contributed by atoms with E-state index in [0.29, 0.717) is 0 Å². The highest BCUT2D eigenvalue weighted by molar-refractivity contribution is 7.26. The minimum atomic E-state index is -0.0997. The Morgan fingerprint density at radius 1 is 0.449 bits per heavy atom.